The summed E-state index contributed by atoms with van der Waals surface area (Å²) >= 11 is 0. The molecular weight excluding hydrogens is 152 g/mol. The molecule has 0 amide bonds. The van der Waals surface area contributed by atoms with Gasteiger partial charge < -0.3 is 4.74 Å². The van der Waals surface area contributed by atoms with Gasteiger partial charge in [0.25, 0.3) is 0 Å². The van der Waals surface area contributed by atoms with Gasteiger partial charge in [0, 0.05) is 0 Å². The second-order valence-electron chi connectivity index (χ2n) is 4.26. The monoisotopic (exact) mass is 170 g/mol. The first-order valence-corrected chi connectivity index (χ1v) is 4.73. The molecule has 1 fully saturated rings. The van der Waals surface area contributed by atoms with Gasteiger partial charge in [0.1, 0.15) is 6.10 Å². The highest BCUT2D eigenvalue weighted by Gasteiger charge is 2.34. The molecule has 2 unspecified atom stereocenters. The van der Waals surface area contributed by atoms with Gasteiger partial charge in [-0.3, -0.25) is 4.79 Å². The molecule has 1 rings (SSSR count). The second-order valence-corrected chi connectivity index (χ2v) is 4.26. The Morgan fingerprint density at radius 3 is 2.50 bits per heavy atom. The van der Waals surface area contributed by atoms with Crippen LogP contribution in [0.3, 0.4) is 0 Å². The van der Waals surface area contributed by atoms with Crippen molar-refractivity contribution in [2.45, 2.75) is 40.2 Å². The third-order valence-electron chi connectivity index (χ3n) is 2.60. The topological polar surface area (TPSA) is 26.3 Å². The van der Waals surface area contributed by atoms with Crippen LogP contribution in [0.5, 0.6) is 0 Å². The highest BCUT2D eigenvalue weighted by atomic mass is 16.5. The number of ether oxygens (including phenoxy) is 1. The van der Waals surface area contributed by atoms with Crippen molar-refractivity contribution in [1.29, 1.82) is 0 Å². The fourth-order valence-electron chi connectivity index (χ4n) is 1.95. The maximum absolute atomic E-state index is 11.2. The van der Waals surface area contributed by atoms with E-state index < -0.39 is 0 Å². The lowest BCUT2D eigenvalue weighted by atomic mass is 9.85. The largest absolute Gasteiger partial charge is 0.462 e. The molecule has 0 aliphatic carbocycles. The molecule has 0 aromatic carbocycles. The molecule has 2 heteroatoms. The van der Waals surface area contributed by atoms with Crippen molar-refractivity contribution in [1.82, 2.24) is 0 Å². The van der Waals surface area contributed by atoms with Crippen LogP contribution in [-0.4, -0.2) is 12.1 Å². The van der Waals surface area contributed by atoms with Crippen LogP contribution in [0.2, 0.25) is 0 Å². The van der Waals surface area contributed by atoms with Crippen LogP contribution in [0.15, 0.2) is 0 Å². The van der Waals surface area contributed by atoms with E-state index in [0.29, 0.717) is 11.8 Å². The molecule has 1 aliphatic rings. The maximum Gasteiger partial charge on any atom is 0.308 e. The molecule has 1 heterocycles. The van der Waals surface area contributed by atoms with E-state index in [1.165, 1.54) is 0 Å². The molecule has 1 saturated heterocycles. The van der Waals surface area contributed by atoms with E-state index in [9.17, 15) is 4.79 Å². The van der Waals surface area contributed by atoms with Crippen LogP contribution in [0.4, 0.5) is 0 Å². The highest BCUT2D eigenvalue weighted by molar-refractivity contribution is 5.73. The summed E-state index contributed by atoms with van der Waals surface area (Å²) in [5.41, 5.74) is 0. The molecule has 1 aliphatic heterocycles. The van der Waals surface area contributed by atoms with Crippen molar-refractivity contribution in [2.75, 3.05) is 0 Å². The molecule has 0 aromatic heterocycles. The Morgan fingerprint density at radius 2 is 2.00 bits per heavy atom. The molecule has 0 bridgehead atoms. The van der Waals surface area contributed by atoms with Crippen LogP contribution in [0.25, 0.3) is 0 Å². The van der Waals surface area contributed by atoms with Gasteiger partial charge in [0.2, 0.25) is 0 Å². The van der Waals surface area contributed by atoms with Gasteiger partial charge in [-0.15, -0.1) is 0 Å². The van der Waals surface area contributed by atoms with Crippen molar-refractivity contribution in [3.8, 4) is 0 Å². The zero-order valence-corrected chi connectivity index (χ0v) is 8.33. The van der Waals surface area contributed by atoms with Gasteiger partial charge >= 0.3 is 5.97 Å². The number of carbonyl (C=O) groups excluding carboxylic acids is 1. The summed E-state index contributed by atoms with van der Waals surface area (Å²) in [6.45, 7) is 8.30. The molecule has 3 atom stereocenters. The third kappa shape index (κ3) is 1.79. The Morgan fingerprint density at radius 1 is 1.42 bits per heavy atom. The quantitative estimate of drug-likeness (QED) is 0.564. The molecule has 0 aromatic rings. The van der Waals surface area contributed by atoms with E-state index in [1.54, 1.807) is 0 Å². The average Bonchev–Trinajstić information content (AvgIpc) is 1.96. The van der Waals surface area contributed by atoms with Crippen molar-refractivity contribution in [2.24, 2.45) is 17.8 Å². The van der Waals surface area contributed by atoms with Gasteiger partial charge in [-0.2, -0.15) is 0 Å². The summed E-state index contributed by atoms with van der Waals surface area (Å²) in [6.07, 6.45) is 1.11. The average molecular weight is 170 g/mol. The zero-order chi connectivity index (χ0) is 9.30. The molecule has 70 valence electrons. The number of cyclic esters (lactones) is 1. The summed E-state index contributed by atoms with van der Waals surface area (Å²) in [5.74, 6) is 1.02. The van der Waals surface area contributed by atoms with E-state index in [-0.39, 0.29) is 18.0 Å². The molecule has 12 heavy (non-hydrogen) atoms. The Bertz CT molecular complexity index is 175. The van der Waals surface area contributed by atoms with E-state index >= 15 is 0 Å². The summed E-state index contributed by atoms with van der Waals surface area (Å²) in [6, 6.07) is 0. The lowest BCUT2D eigenvalue weighted by molar-refractivity contribution is -0.167. The van der Waals surface area contributed by atoms with Gasteiger partial charge in [-0.1, -0.05) is 27.7 Å². The van der Waals surface area contributed by atoms with Gasteiger partial charge in [0.15, 0.2) is 0 Å². The molecule has 0 N–H and O–H groups in total. The van der Waals surface area contributed by atoms with Crippen LogP contribution in [0.1, 0.15) is 34.1 Å². The molecule has 2 nitrogen and oxygen atoms in total. The number of hydrogen-bond acceptors (Lipinski definition) is 2. The number of carbonyl (C=O) groups is 1. The SMILES string of the molecule is CC1CC(C)[C@H](C(C)C)OC1=O. The highest BCUT2D eigenvalue weighted by Crippen LogP contribution is 2.29. The Balaban J connectivity index is 2.61. The molecule has 0 saturated carbocycles. The smallest absolute Gasteiger partial charge is 0.308 e. The fraction of sp³-hybridized carbons (Fsp3) is 0.900. The second kappa shape index (κ2) is 3.46. The lowest BCUT2D eigenvalue weighted by Crippen LogP contribution is -2.38. The number of esters is 1. The van der Waals surface area contributed by atoms with Crippen molar-refractivity contribution in [3.05, 3.63) is 0 Å². The van der Waals surface area contributed by atoms with E-state index in [2.05, 4.69) is 20.8 Å². The van der Waals surface area contributed by atoms with E-state index in [0.717, 1.165) is 6.42 Å². The predicted octanol–water partition coefficient (Wildman–Crippen LogP) is 2.23. The summed E-state index contributed by atoms with van der Waals surface area (Å²) in [4.78, 5) is 11.2. The normalized spacial score (nSPS) is 36.8. The van der Waals surface area contributed by atoms with Crippen molar-refractivity contribution in [3.63, 3.8) is 0 Å². The summed E-state index contributed by atoms with van der Waals surface area (Å²) in [7, 11) is 0. The van der Waals surface area contributed by atoms with Crippen LogP contribution >= 0.6 is 0 Å². The first-order chi connectivity index (χ1) is 5.52. The lowest BCUT2D eigenvalue weighted by Gasteiger charge is -2.34. The minimum Gasteiger partial charge on any atom is -0.462 e. The first-order valence-electron chi connectivity index (χ1n) is 4.73. The Labute approximate surface area is 74.3 Å². The number of hydrogen-bond donors (Lipinski definition) is 0. The predicted molar refractivity (Wildman–Crippen MR) is 47.7 cm³/mol. The van der Waals surface area contributed by atoms with Gasteiger partial charge in [-0.05, 0) is 18.3 Å². The van der Waals surface area contributed by atoms with E-state index in [4.69, 9.17) is 4.74 Å². The zero-order valence-electron chi connectivity index (χ0n) is 8.33. The summed E-state index contributed by atoms with van der Waals surface area (Å²) in [5, 5.41) is 0. The standard InChI is InChI=1S/C10H18O2/c1-6(2)9-7(3)5-8(4)10(11)12-9/h6-9H,5H2,1-4H3/t7?,8?,9-/m0/s1. The van der Waals surface area contributed by atoms with Crippen molar-refractivity contribution < 1.29 is 9.53 Å². The Kier molecular flexibility index (Phi) is 2.76. The summed E-state index contributed by atoms with van der Waals surface area (Å²) < 4.78 is 5.33. The van der Waals surface area contributed by atoms with Gasteiger partial charge in [-0.25, -0.2) is 0 Å². The first kappa shape index (κ1) is 9.56. The third-order valence-corrected chi connectivity index (χ3v) is 2.60. The fourth-order valence-corrected chi connectivity index (χ4v) is 1.95. The van der Waals surface area contributed by atoms with Crippen LogP contribution in [-0.2, 0) is 9.53 Å². The van der Waals surface area contributed by atoms with E-state index in [1.807, 2.05) is 6.92 Å². The maximum atomic E-state index is 11.2. The van der Waals surface area contributed by atoms with Gasteiger partial charge in [0.05, 0.1) is 5.92 Å². The molecular formula is C10H18O2. The van der Waals surface area contributed by atoms with Crippen LogP contribution < -0.4 is 0 Å². The van der Waals surface area contributed by atoms with Crippen LogP contribution in [0, 0.1) is 17.8 Å². The molecule has 0 spiro atoms. The minimum absolute atomic E-state index is 0.0215. The minimum atomic E-state index is -0.0215. The van der Waals surface area contributed by atoms with Crippen molar-refractivity contribution >= 4 is 5.97 Å². The molecule has 0 radical (unpaired) electrons. The number of rotatable bonds is 1. The Hall–Kier alpha value is -0.530.